The van der Waals surface area contributed by atoms with Crippen LogP contribution in [0.25, 0.3) is 0 Å². The molecule has 0 aliphatic carbocycles. The van der Waals surface area contributed by atoms with Crippen molar-refractivity contribution in [1.82, 2.24) is 19.9 Å². The highest BCUT2D eigenvalue weighted by Crippen LogP contribution is 2.13. The minimum absolute atomic E-state index is 0.0994. The van der Waals surface area contributed by atoms with Gasteiger partial charge in [0.2, 0.25) is 0 Å². The number of nitrogens with zero attached hydrogens (tertiary/aromatic N) is 4. The molecule has 3 heterocycles. The summed E-state index contributed by atoms with van der Waals surface area (Å²) in [5.41, 5.74) is 2.72. The maximum atomic E-state index is 11.0. The van der Waals surface area contributed by atoms with Gasteiger partial charge < -0.3 is 10.2 Å². The van der Waals surface area contributed by atoms with Crippen LogP contribution in [-0.2, 0) is 19.6 Å². The smallest absolute Gasteiger partial charge is 0.337 e. The first kappa shape index (κ1) is 20.7. The number of carbonyl (C=O) groups is 3. The highest BCUT2D eigenvalue weighted by molar-refractivity contribution is 5.87. The van der Waals surface area contributed by atoms with E-state index in [0.717, 1.165) is 12.0 Å². The van der Waals surface area contributed by atoms with Gasteiger partial charge >= 0.3 is 11.9 Å². The van der Waals surface area contributed by atoms with Crippen molar-refractivity contribution in [2.45, 2.75) is 19.6 Å². The number of carboxylic acid groups (broad SMARTS) is 2. The lowest BCUT2D eigenvalue weighted by atomic mass is 10.2. The Morgan fingerprint density at radius 3 is 1.47 bits per heavy atom. The van der Waals surface area contributed by atoms with E-state index >= 15 is 0 Å². The quantitative estimate of drug-likeness (QED) is 0.513. The normalized spacial score (nSPS) is 10.7. The van der Waals surface area contributed by atoms with Crippen LogP contribution in [0, 0.1) is 0 Å². The Labute approximate surface area is 171 Å². The molecule has 30 heavy (non-hydrogen) atoms. The van der Waals surface area contributed by atoms with Gasteiger partial charge in [0.25, 0.3) is 0 Å². The van der Waals surface area contributed by atoms with Gasteiger partial charge in [-0.05, 0) is 36.4 Å². The number of hydrogen-bond donors (Lipinski definition) is 2. The van der Waals surface area contributed by atoms with Crippen molar-refractivity contribution in [2.75, 3.05) is 0 Å². The molecule has 0 spiro atoms. The van der Waals surface area contributed by atoms with Crippen molar-refractivity contribution in [1.29, 1.82) is 0 Å². The number of rotatable bonds is 9. The predicted octanol–water partition coefficient (Wildman–Crippen LogP) is 2.28. The van der Waals surface area contributed by atoms with Crippen LogP contribution in [0.4, 0.5) is 0 Å². The Hall–Kier alpha value is -3.98. The maximum Gasteiger partial charge on any atom is 0.337 e. The maximum absolute atomic E-state index is 11.0. The molecule has 152 valence electrons. The molecule has 9 heteroatoms. The Balaban J connectivity index is 1.79. The summed E-state index contributed by atoms with van der Waals surface area (Å²) in [5.74, 6) is -2.10. The summed E-state index contributed by atoms with van der Waals surface area (Å²) < 4.78 is 0. The van der Waals surface area contributed by atoms with E-state index in [1.165, 1.54) is 30.7 Å². The van der Waals surface area contributed by atoms with Gasteiger partial charge in [-0.3, -0.25) is 24.6 Å². The molecule has 0 amide bonds. The van der Waals surface area contributed by atoms with Crippen molar-refractivity contribution >= 4 is 18.2 Å². The first-order valence-electron chi connectivity index (χ1n) is 8.93. The van der Waals surface area contributed by atoms with Gasteiger partial charge in [-0.25, -0.2) is 9.59 Å². The number of aldehydes is 1. The van der Waals surface area contributed by atoms with E-state index in [2.05, 4.69) is 15.0 Å². The van der Waals surface area contributed by atoms with Crippen molar-refractivity contribution in [3.05, 3.63) is 88.8 Å². The summed E-state index contributed by atoms with van der Waals surface area (Å²) >= 11 is 0. The highest BCUT2D eigenvalue weighted by atomic mass is 16.4. The first-order chi connectivity index (χ1) is 14.4. The number of aromatic carboxylic acids is 2. The Morgan fingerprint density at radius 1 is 0.733 bits per heavy atom. The number of aromatic nitrogens is 3. The second-order valence-electron chi connectivity index (χ2n) is 6.53. The zero-order valence-corrected chi connectivity index (χ0v) is 15.8. The first-order valence-corrected chi connectivity index (χ1v) is 8.93. The molecule has 3 rings (SSSR count). The molecule has 0 fully saturated rings. The predicted molar refractivity (Wildman–Crippen MR) is 105 cm³/mol. The summed E-state index contributed by atoms with van der Waals surface area (Å²) in [4.78, 5) is 47.5. The second-order valence-corrected chi connectivity index (χ2v) is 6.53. The summed E-state index contributed by atoms with van der Waals surface area (Å²) in [7, 11) is 0. The van der Waals surface area contributed by atoms with Crippen LogP contribution < -0.4 is 0 Å². The molecule has 0 aromatic carbocycles. The Morgan fingerprint density at radius 2 is 1.17 bits per heavy atom. The lowest BCUT2D eigenvalue weighted by molar-refractivity contribution is 0.0685. The Bertz CT molecular complexity index is 975. The molecule has 0 radical (unpaired) electrons. The highest BCUT2D eigenvalue weighted by Gasteiger charge is 2.13. The molecule has 0 unspecified atom stereocenters. The SMILES string of the molecule is O=Cc1ccc(CN(Cc2ccc(C(=O)O)cn2)Cc2ccc(C(=O)O)cn2)nc1. The second kappa shape index (κ2) is 9.48. The molecule has 3 aromatic heterocycles. The molecule has 3 aromatic rings. The average Bonchev–Trinajstić information content (AvgIpc) is 2.75. The monoisotopic (exact) mass is 406 g/mol. The fourth-order valence-electron chi connectivity index (χ4n) is 2.74. The molecule has 2 N–H and O–H groups in total. The summed E-state index contributed by atoms with van der Waals surface area (Å²) in [5, 5.41) is 18.0. The minimum Gasteiger partial charge on any atom is -0.478 e. The molecule has 0 aliphatic heterocycles. The van der Waals surface area contributed by atoms with Crippen LogP contribution in [0.3, 0.4) is 0 Å². The number of carboxylic acids is 2. The average molecular weight is 406 g/mol. The molecular weight excluding hydrogens is 388 g/mol. The van der Waals surface area contributed by atoms with Crippen LogP contribution in [-0.4, -0.2) is 48.3 Å². The van der Waals surface area contributed by atoms with E-state index in [0.29, 0.717) is 36.6 Å². The van der Waals surface area contributed by atoms with Gasteiger partial charge in [0.1, 0.15) is 0 Å². The standard InChI is InChI=1S/C21H18N4O5/c26-13-14-1-4-17(22-7-14)10-25(11-18-5-2-15(8-23-18)20(27)28)12-19-6-3-16(9-24-19)21(29)30/h1-9,13H,10-12H2,(H,27,28)(H,29,30). The van der Waals surface area contributed by atoms with Crippen LogP contribution in [0.1, 0.15) is 48.2 Å². The van der Waals surface area contributed by atoms with Crippen molar-refractivity contribution in [3.63, 3.8) is 0 Å². The third-order valence-electron chi connectivity index (χ3n) is 4.28. The van der Waals surface area contributed by atoms with Gasteiger partial charge in [-0.2, -0.15) is 0 Å². The van der Waals surface area contributed by atoms with Gasteiger partial charge in [0.05, 0.1) is 28.2 Å². The molecular formula is C21H18N4O5. The summed E-state index contributed by atoms with van der Waals surface area (Å²) in [6.45, 7) is 1.20. The van der Waals surface area contributed by atoms with Crippen molar-refractivity contribution in [2.24, 2.45) is 0 Å². The number of hydrogen-bond acceptors (Lipinski definition) is 7. The fraction of sp³-hybridized carbons (Fsp3) is 0.143. The van der Waals surface area contributed by atoms with Gasteiger partial charge in [-0.1, -0.05) is 0 Å². The van der Waals surface area contributed by atoms with Crippen LogP contribution in [0.2, 0.25) is 0 Å². The molecule has 0 saturated heterocycles. The van der Waals surface area contributed by atoms with Crippen LogP contribution >= 0.6 is 0 Å². The largest absolute Gasteiger partial charge is 0.478 e. The third-order valence-corrected chi connectivity index (χ3v) is 4.28. The van der Waals surface area contributed by atoms with E-state index in [1.54, 1.807) is 24.3 Å². The van der Waals surface area contributed by atoms with Crippen LogP contribution in [0.15, 0.2) is 55.0 Å². The van der Waals surface area contributed by atoms with Crippen LogP contribution in [0.5, 0.6) is 0 Å². The van der Waals surface area contributed by atoms with E-state index in [-0.39, 0.29) is 11.1 Å². The van der Waals surface area contributed by atoms with E-state index in [4.69, 9.17) is 10.2 Å². The van der Waals surface area contributed by atoms with E-state index in [1.807, 2.05) is 4.90 Å². The number of pyridine rings is 3. The lowest BCUT2D eigenvalue weighted by Crippen LogP contribution is -2.24. The van der Waals surface area contributed by atoms with Crippen molar-refractivity contribution < 1.29 is 24.6 Å². The van der Waals surface area contributed by atoms with Gasteiger partial charge in [0.15, 0.2) is 6.29 Å². The minimum atomic E-state index is -1.05. The third kappa shape index (κ3) is 5.52. The lowest BCUT2D eigenvalue weighted by Gasteiger charge is -2.21. The molecule has 0 saturated carbocycles. The Kier molecular flexibility index (Phi) is 6.56. The summed E-state index contributed by atoms with van der Waals surface area (Å²) in [6.07, 6.45) is 4.80. The van der Waals surface area contributed by atoms with Crippen molar-refractivity contribution in [3.8, 4) is 0 Å². The van der Waals surface area contributed by atoms with Gasteiger partial charge in [-0.15, -0.1) is 0 Å². The topological polar surface area (TPSA) is 134 Å². The molecule has 0 bridgehead atoms. The zero-order valence-electron chi connectivity index (χ0n) is 15.8. The zero-order chi connectivity index (χ0) is 21.5. The molecule has 0 atom stereocenters. The van der Waals surface area contributed by atoms with Gasteiger partial charge in [0, 0.05) is 43.8 Å². The summed E-state index contributed by atoms with van der Waals surface area (Å²) in [6, 6.07) is 9.67. The molecule has 9 nitrogen and oxygen atoms in total. The molecule has 0 aliphatic rings. The van der Waals surface area contributed by atoms with E-state index in [9.17, 15) is 14.4 Å². The fourth-order valence-corrected chi connectivity index (χ4v) is 2.74. The number of carbonyl (C=O) groups excluding carboxylic acids is 1. The van der Waals surface area contributed by atoms with E-state index < -0.39 is 11.9 Å².